The van der Waals surface area contributed by atoms with Crippen molar-refractivity contribution in [3.05, 3.63) is 28.2 Å². The van der Waals surface area contributed by atoms with Gasteiger partial charge in [0.1, 0.15) is 5.84 Å². The molecule has 6 nitrogen and oxygen atoms in total. The van der Waals surface area contributed by atoms with Gasteiger partial charge >= 0.3 is 0 Å². The molecule has 1 aliphatic carbocycles. The molecule has 0 saturated heterocycles. The van der Waals surface area contributed by atoms with E-state index in [2.05, 4.69) is 31.5 Å². The molecule has 0 aliphatic heterocycles. The van der Waals surface area contributed by atoms with Crippen molar-refractivity contribution < 1.29 is 0 Å². The van der Waals surface area contributed by atoms with Crippen LogP contribution in [0.25, 0.3) is 0 Å². The van der Waals surface area contributed by atoms with E-state index >= 15 is 0 Å². The number of nitrogens with two attached hydrogens (primary N) is 1. The highest BCUT2D eigenvalue weighted by atomic mass is 79.9. The van der Waals surface area contributed by atoms with Gasteiger partial charge in [0.25, 0.3) is 0 Å². The maximum absolute atomic E-state index is 7.69. The van der Waals surface area contributed by atoms with Crippen molar-refractivity contribution in [1.82, 2.24) is 20.2 Å². The maximum Gasteiger partial charge on any atom is 0.214 e. The molecule has 0 radical (unpaired) electrons. The Kier molecular flexibility index (Phi) is 4.25. The van der Waals surface area contributed by atoms with Crippen molar-refractivity contribution in [3.8, 4) is 0 Å². The molecule has 3 N–H and O–H groups in total. The van der Waals surface area contributed by atoms with E-state index in [9.17, 15) is 0 Å². The minimum atomic E-state index is 0.0462. The van der Waals surface area contributed by atoms with Gasteiger partial charge in [-0.2, -0.15) is 0 Å². The first-order chi connectivity index (χ1) is 10.1. The first-order valence-corrected chi connectivity index (χ1v) is 8.36. The second-order valence-electron chi connectivity index (χ2n) is 5.00. The number of halogens is 1. The largest absolute Gasteiger partial charge is 0.384 e. The quantitative estimate of drug-likeness (QED) is 0.640. The van der Waals surface area contributed by atoms with Gasteiger partial charge in [-0.1, -0.05) is 28.8 Å². The summed E-state index contributed by atoms with van der Waals surface area (Å²) in [5.74, 6) is 0.0462. The second kappa shape index (κ2) is 6.15. The van der Waals surface area contributed by atoms with Gasteiger partial charge in [0.2, 0.25) is 5.16 Å². The van der Waals surface area contributed by atoms with Crippen LogP contribution < -0.4 is 5.73 Å². The number of amidine groups is 1. The number of aromatic nitrogens is 4. The Bertz CT molecular complexity index is 664. The van der Waals surface area contributed by atoms with E-state index in [1.54, 1.807) is 0 Å². The van der Waals surface area contributed by atoms with Crippen LogP contribution in [0.4, 0.5) is 0 Å². The molecule has 2 aromatic rings. The summed E-state index contributed by atoms with van der Waals surface area (Å²) in [5.41, 5.74) is 6.35. The molecule has 0 amide bonds. The van der Waals surface area contributed by atoms with Crippen LogP contribution in [0.2, 0.25) is 0 Å². The highest BCUT2D eigenvalue weighted by Crippen LogP contribution is 2.35. The normalized spacial score (nSPS) is 15.5. The Morgan fingerprint density at radius 3 is 2.86 bits per heavy atom. The third-order valence-corrected chi connectivity index (χ3v) is 5.07. The van der Waals surface area contributed by atoms with Gasteiger partial charge in [0.15, 0.2) is 0 Å². The molecule has 0 spiro atoms. The summed E-state index contributed by atoms with van der Waals surface area (Å²) >= 11 is 4.90. The number of rotatable bonds is 4. The monoisotopic (exact) mass is 366 g/mol. The zero-order valence-corrected chi connectivity index (χ0v) is 13.7. The topological polar surface area (TPSA) is 93.5 Å². The van der Waals surface area contributed by atoms with Crippen LogP contribution in [0.1, 0.15) is 37.3 Å². The van der Waals surface area contributed by atoms with Gasteiger partial charge in [-0.3, -0.25) is 5.41 Å². The minimum absolute atomic E-state index is 0.0462. The van der Waals surface area contributed by atoms with Crippen molar-refractivity contribution >= 4 is 33.5 Å². The molecule has 1 heterocycles. The Balaban J connectivity index is 1.92. The third-order valence-electron chi connectivity index (χ3n) is 3.57. The van der Waals surface area contributed by atoms with E-state index in [1.165, 1.54) is 24.6 Å². The molecular formula is C13H15BrN6S. The van der Waals surface area contributed by atoms with Crippen LogP contribution in [0.15, 0.2) is 32.7 Å². The van der Waals surface area contributed by atoms with Gasteiger partial charge in [-0.05, 0) is 53.2 Å². The van der Waals surface area contributed by atoms with Crippen LogP contribution in [-0.4, -0.2) is 26.0 Å². The summed E-state index contributed by atoms with van der Waals surface area (Å²) in [6.45, 7) is 0. The average Bonchev–Trinajstić information content (AvgIpc) is 3.08. The average molecular weight is 367 g/mol. The van der Waals surface area contributed by atoms with Crippen LogP contribution >= 0.6 is 27.7 Å². The summed E-state index contributed by atoms with van der Waals surface area (Å²) in [7, 11) is 0. The molecule has 1 saturated carbocycles. The number of nitrogens with one attached hydrogen (secondary N) is 1. The molecule has 1 aliphatic rings. The Labute approximate surface area is 135 Å². The van der Waals surface area contributed by atoms with E-state index in [0.717, 1.165) is 27.4 Å². The highest BCUT2D eigenvalue weighted by molar-refractivity contribution is 9.10. The van der Waals surface area contributed by atoms with Crippen LogP contribution in [0.5, 0.6) is 0 Å². The maximum atomic E-state index is 7.69. The number of tetrazole rings is 1. The summed E-state index contributed by atoms with van der Waals surface area (Å²) in [6.07, 6.45) is 4.70. The van der Waals surface area contributed by atoms with E-state index in [4.69, 9.17) is 11.1 Å². The van der Waals surface area contributed by atoms with Crippen LogP contribution in [0, 0.1) is 5.41 Å². The van der Waals surface area contributed by atoms with E-state index in [0.29, 0.717) is 11.6 Å². The molecule has 1 aromatic heterocycles. The van der Waals surface area contributed by atoms with Crippen molar-refractivity contribution in [2.45, 2.75) is 41.8 Å². The molecule has 110 valence electrons. The lowest BCUT2D eigenvalue weighted by molar-refractivity contribution is 0.423. The molecule has 8 heteroatoms. The van der Waals surface area contributed by atoms with Crippen molar-refractivity contribution in [2.75, 3.05) is 0 Å². The number of nitrogens with zero attached hydrogens (tertiary/aromatic N) is 4. The zero-order chi connectivity index (χ0) is 14.8. The molecule has 0 bridgehead atoms. The smallest absolute Gasteiger partial charge is 0.214 e. The lowest BCUT2D eigenvalue weighted by atomic mass is 10.2. The first-order valence-electron chi connectivity index (χ1n) is 6.75. The number of nitrogen functional groups attached to an aromatic ring is 1. The molecule has 1 fully saturated rings. The predicted octanol–water partition coefficient (Wildman–Crippen LogP) is 2.99. The second-order valence-corrected chi connectivity index (χ2v) is 6.93. The van der Waals surface area contributed by atoms with E-state index in [1.807, 2.05) is 22.9 Å². The summed E-state index contributed by atoms with van der Waals surface area (Å²) in [4.78, 5) is 0.880. The standard InChI is InChI=1S/C13H15BrN6S/c14-8-5-6-10(12(15)16)11(7-8)21-13-17-18-19-20(13)9-3-1-2-4-9/h5-7,9H,1-4H2,(H3,15,16). The minimum Gasteiger partial charge on any atom is -0.384 e. The van der Waals surface area contributed by atoms with Gasteiger partial charge in [-0.25, -0.2) is 4.68 Å². The van der Waals surface area contributed by atoms with Gasteiger partial charge in [0, 0.05) is 14.9 Å². The Morgan fingerprint density at radius 1 is 1.38 bits per heavy atom. The van der Waals surface area contributed by atoms with Crippen LogP contribution in [-0.2, 0) is 0 Å². The molecule has 3 rings (SSSR count). The number of benzene rings is 1. The SMILES string of the molecule is N=C(N)c1ccc(Br)cc1Sc1nnnn1C1CCCC1. The van der Waals surface area contributed by atoms with Crippen molar-refractivity contribution in [1.29, 1.82) is 5.41 Å². The Morgan fingerprint density at radius 2 is 2.14 bits per heavy atom. The summed E-state index contributed by atoms with van der Waals surface area (Å²) < 4.78 is 2.84. The van der Waals surface area contributed by atoms with E-state index < -0.39 is 0 Å². The van der Waals surface area contributed by atoms with E-state index in [-0.39, 0.29) is 5.84 Å². The fourth-order valence-electron chi connectivity index (χ4n) is 2.53. The molecule has 0 unspecified atom stereocenters. The van der Waals surface area contributed by atoms with Gasteiger partial charge < -0.3 is 5.73 Å². The van der Waals surface area contributed by atoms with Gasteiger partial charge in [0.05, 0.1) is 6.04 Å². The zero-order valence-electron chi connectivity index (χ0n) is 11.3. The number of hydrogen-bond acceptors (Lipinski definition) is 5. The summed E-state index contributed by atoms with van der Waals surface area (Å²) in [5, 5.41) is 20.5. The molecule has 1 aromatic carbocycles. The molecule has 0 atom stereocenters. The lowest BCUT2D eigenvalue weighted by Gasteiger charge is -2.12. The molecule has 21 heavy (non-hydrogen) atoms. The Hall–Kier alpha value is -1.41. The molecular weight excluding hydrogens is 352 g/mol. The highest BCUT2D eigenvalue weighted by Gasteiger charge is 2.22. The first kappa shape index (κ1) is 14.5. The summed E-state index contributed by atoms with van der Waals surface area (Å²) in [6, 6.07) is 6.03. The van der Waals surface area contributed by atoms with Crippen molar-refractivity contribution in [3.63, 3.8) is 0 Å². The number of hydrogen-bond donors (Lipinski definition) is 2. The lowest BCUT2D eigenvalue weighted by Crippen LogP contribution is -2.13. The van der Waals surface area contributed by atoms with Crippen molar-refractivity contribution in [2.24, 2.45) is 5.73 Å². The fourth-order valence-corrected chi connectivity index (χ4v) is 4.07. The fraction of sp³-hybridized carbons (Fsp3) is 0.385. The predicted molar refractivity (Wildman–Crippen MR) is 84.6 cm³/mol. The van der Waals surface area contributed by atoms with Gasteiger partial charge in [-0.15, -0.1) is 5.10 Å². The third kappa shape index (κ3) is 3.11. The van der Waals surface area contributed by atoms with Crippen LogP contribution in [0.3, 0.4) is 0 Å².